The number of hydrogen-bond donors (Lipinski definition) is 0. The van der Waals surface area contributed by atoms with Crippen molar-refractivity contribution < 1.29 is 23.7 Å². The molecule has 0 radical (unpaired) electrons. The van der Waals surface area contributed by atoms with E-state index >= 15 is 0 Å². The number of nitrogens with zero attached hydrogens (tertiary/aromatic N) is 2. The molecule has 0 saturated heterocycles. The van der Waals surface area contributed by atoms with Gasteiger partial charge in [0.05, 0.1) is 12.2 Å². The summed E-state index contributed by atoms with van der Waals surface area (Å²) in [6.45, 7) is 5.42. The van der Waals surface area contributed by atoms with Crippen LogP contribution < -0.4 is 0 Å². The molecule has 0 saturated carbocycles. The van der Waals surface area contributed by atoms with Crippen molar-refractivity contribution in [1.29, 1.82) is 0 Å². The first-order chi connectivity index (χ1) is 11.0. The first kappa shape index (κ1) is 16.4. The number of aromatic nitrogens is 1. The van der Waals surface area contributed by atoms with E-state index < -0.39 is 11.9 Å². The lowest BCUT2D eigenvalue weighted by Gasteiger charge is -1.99. The van der Waals surface area contributed by atoms with Crippen molar-refractivity contribution in [2.24, 2.45) is 5.16 Å². The minimum Gasteiger partial charge on any atom is -0.461 e. The number of oxime groups is 1. The Morgan fingerprint density at radius 1 is 1.22 bits per heavy atom. The quantitative estimate of drug-likeness (QED) is 0.364. The molecule has 0 amide bonds. The Labute approximate surface area is 132 Å². The number of hydrogen-bond acceptors (Lipinski definition) is 7. The van der Waals surface area contributed by atoms with Gasteiger partial charge in [0.1, 0.15) is 5.71 Å². The average molecular weight is 316 g/mol. The first-order valence-electron chi connectivity index (χ1n) is 6.98. The summed E-state index contributed by atoms with van der Waals surface area (Å²) < 4.78 is 9.77. The van der Waals surface area contributed by atoms with Crippen LogP contribution in [0.3, 0.4) is 0 Å². The van der Waals surface area contributed by atoms with Crippen molar-refractivity contribution >= 4 is 17.7 Å². The normalized spacial score (nSPS) is 11.2. The Morgan fingerprint density at radius 2 is 1.91 bits per heavy atom. The van der Waals surface area contributed by atoms with Gasteiger partial charge in [-0.25, -0.2) is 9.59 Å². The largest absolute Gasteiger partial charge is 0.461 e. The molecule has 1 aromatic carbocycles. The summed E-state index contributed by atoms with van der Waals surface area (Å²) in [4.78, 5) is 28.2. The molecule has 0 aliphatic heterocycles. The number of ether oxygens (including phenoxy) is 1. The Hall–Kier alpha value is -2.96. The molecule has 7 heteroatoms. The number of aryl methyl sites for hydroxylation is 1. The van der Waals surface area contributed by atoms with Crippen molar-refractivity contribution in [2.45, 2.75) is 20.8 Å². The fraction of sp³-hybridized carbons (Fsp3) is 0.250. The maximum atomic E-state index is 11.8. The number of esters is 1. The van der Waals surface area contributed by atoms with E-state index in [1.807, 2.05) is 6.92 Å². The van der Waals surface area contributed by atoms with Gasteiger partial charge < -0.3 is 14.1 Å². The van der Waals surface area contributed by atoms with Crippen LogP contribution in [0.1, 0.15) is 46.0 Å². The van der Waals surface area contributed by atoms with E-state index in [2.05, 4.69) is 10.3 Å². The Bertz CT molecular complexity index is 731. The predicted octanol–water partition coefficient (Wildman–Crippen LogP) is 2.74. The monoisotopic (exact) mass is 316 g/mol. The molecular formula is C16H16N2O5. The van der Waals surface area contributed by atoms with E-state index in [1.54, 1.807) is 38.1 Å². The van der Waals surface area contributed by atoms with Crippen LogP contribution in [0, 0.1) is 6.92 Å². The summed E-state index contributed by atoms with van der Waals surface area (Å²) in [5.41, 5.74) is 1.72. The van der Waals surface area contributed by atoms with Gasteiger partial charge in [-0.15, -0.1) is 0 Å². The summed E-state index contributed by atoms with van der Waals surface area (Å²) in [5, 5.41) is 7.27. The fourth-order valence-corrected chi connectivity index (χ4v) is 1.64. The van der Waals surface area contributed by atoms with Crippen LogP contribution in [0.2, 0.25) is 0 Å². The molecule has 0 unspecified atom stereocenters. The highest BCUT2D eigenvalue weighted by Gasteiger charge is 2.16. The van der Waals surface area contributed by atoms with Gasteiger partial charge in [-0.2, -0.15) is 0 Å². The molecule has 0 aliphatic carbocycles. The molecule has 7 nitrogen and oxygen atoms in total. The molecule has 0 fully saturated rings. The number of benzene rings is 1. The van der Waals surface area contributed by atoms with Gasteiger partial charge in [-0.1, -0.05) is 28.0 Å². The lowest BCUT2D eigenvalue weighted by Crippen LogP contribution is -2.05. The number of rotatable bonds is 5. The topological polar surface area (TPSA) is 91.0 Å². The van der Waals surface area contributed by atoms with Crippen LogP contribution in [0.15, 0.2) is 40.0 Å². The summed E-state index contributed by atoms with van der Waals surface area (Å²) in [6, 6.07) is 8.27. The van der Waals surface area contributed by atoms with Crippen LogP contribution >= 0.6 is 0 Å². The first-order valence-corrected chi connectivity index (χ1v) is 6.98. The van der Waals surface area contributed by atoms with Gasteiger partial charge in [-0.3, -0.25) is 0 Å². The van der Waals surface area contributed by atoms with Gasteiger partial charge in [0.2, 0.25) is 0 Å². The van der Waals surface area contributed by atoms with Crippen molar-refractivity contribution in [3.63, 3.8) is 0 Å². The molecule has 0 atom stereocenters. The Morgan fingerprint density at radius 3 is 2.57 bits per heavy atom. The minimum absolute atomic E-state index is 0.0289. The molecule has 0 N–H and O–H groups in total. The van der Waals surface area contributed by atoms with E-state index in [0.29, 0.717) is 5.56 Å². The van der Waals surface area contributed by atoms with Gasteiger partial charge in [-0.05, 0) is 32.9 Å². The van der Waals surface area contributed by atoms with Crippen LogP contribution in [0.5, 0.6) is 0 Å². The lowest BCUT2D eigenvalue weighted by atomic mass is 10.2. The molecule has 2 rings (SSSR count). The maximum absolute atomic E-state index is 11.8. The summed E-state index contributed by atoms with van der Waals surface area (Å²) in [6.07, 6.45) is 0. The summed E-state index contributed by atoms with van der Waals surface area (Å²) in [7, 11) is 0. The Balaban J connectivity index is 2.03. The highest BCUT2D eigenvalue weighted by atomic mass is 16.7. The van der Waals surface area contributed by atoms with Crippen molar-refractivity contribution in [3.8, 4) is 0 Å². The number of carbonyl (C=O) groups is 2. The van der Waals surface area contributed by atoms with E-state index in [-0.39, 0.29) is 23.8 Å². The summed E-state index contributed by atoms with van der Waals surface area (Å²) in [5.74, 6) is -0.966. The zero-order valence-electron chi connectivity index (χ0n) is 13.0. The smallest absolute Gasteiger partial charge is 0.365 e. The van der Waals surface area contributed by atoms with Crippen LogP contribution in [-0.4, -0.2) is 29.4 Å². The van der Waals surface area contributed by atoms with E-state index in [9.17, 15) is 9.59 Å². The zero-order chi connectivity index (χ0) is 16.8. The van der Waals surface area contributed by atoms with E-state index in [4.69, 9.17) is 14.1 Å². The highest BCUT2D eigenvalue weighted by Crippen LogP contribution is 2.09. The van der Waals surface area contributed by atoms with Gasteiger partial charge >= 0.3 is 11.9 Å². The standard InChI is InChI=1S/C16H16N2O5/c1-4-21-16(20)13-9-14(22-18-13)11(3)17-23-15(19)12-7-5-10(2)6-8-12/h5-9H,4H2,1-3H3. The molecular weight excluding hydrogens is 300 g/mol. The van der Waals surface area contributed by atoms with Crippen molar-refractivity contribution in [1.82, 2.24) is 5.16 Å². The second-order valence-electron chi connectivity index (χ2n) is 4.72. The van der Waals surface area contributed by atoms with Crippen molar-refractivity contribution in [3.05, 3.63) is 52.9 Å². The van der Waals surface area contributed by atoms with Gasteiger partial charge in [0.25, 0.3) is 0 Å². The Kier molecular flexibility index (Phi) is 5.24. The second kappa shape index (κ2) is 7.35. The van der Waals surface area contributed by atoms with Gasteiger partial charge in [0.15, 0.2) is 11.5 Å². The van der Waals surface area contributed by atoms with Gasteiger partial charge in [0, 0.05) is 6.07 Å². The second-order valence-corrected chi connectivity index (χ2v) is 4.72. The zero-order valence-corrected chi connectivity index (χ0v) is 13.0. The SMILES string of the molecule is CCOC(=O)c1cc(C(C)=NOC(=O)c2ccc(C)cc2)on1. The lowest BCUT2D eigenvalue weighted by molar-refractivity contribution is 0.0507. The molecule has 0 spiro atoms. The predicted molar refractivity (Wildman–Crippen MR) is 81.3 cm³/mol. The molecule has 1 aromatic heterocycles. The van der Waals surface area contributed by atoms with E-state index in [1.165, 1.54) is 6.07 Å². The number of carbonyl (C=O) groups excluding carboxylic acids is 2. The minimum atomic E-state index is -0.591. The molecule has 0 bridgehead atoms. The van der Waals surface area contributed by atoms with Crippen LogP contribution in [0.4, 0.5) is 0 Å². The van der Waals surface area contributed by atoms with Crippen LogP contribution in [0.25, 0.3) is 0 Å². The van der Waals surface area contributed by atoms with E-state index in [0.717, 1.165) is 5.56 Å². The fourth-order valence-electron chi connectivity index (χ4n) is 1.64. The molecule has 120 valence electrons. The van der Waals surface area contributed by atoms with Crippen LogP contribution in [-0.2, 0) is 9.57 Å². The molecule has 23 heavy (non-hydrogen) atoms. The third-order valence-corrected chi connectivity index (χ3v) is 2.90. The molecule has 1 heterocycles. The summed E-state index contributed by atoms with van der Waals surface area (Å²) >= 11 is 0. The average Bonchev–Trinajstić information content (AvgIpc) is 3.03. The third kappa shape index (κ3) is 4.26. The maximum Gasteiger partial charge on any atom is 0.365 e. The molecule has 0 aliphatic rings. The molecule has 2 aromatic rings. The van der Waals surface area contributed by atoms with Crippen molar-refractivity contribution in [2.75, 3.05) is 6.61 Å². The third-order valence-electron chi connectivity index (χ3n) is 2.90. The highest BCUT2D eigenvalue weighted by molar-refractivity contribution is 5.98.